The average Bonchev–Trinajstić information content (AvgIpc) is 3.56. The molecule has 0 saturated carbocycles. The van der Waals surface area contributed by atoms with E-state index in [0.717, 1.165) is 109 Å². The van der Waals surface area contributed by atoms with Crippen molar-refractivity contribution in [3.8, 4) is 45.3 Å². The number of nitrogens with zero attached hydrogens (tertiary/aromatic N) is 6. The number of carbonyl (C=O) groups is 2. The first kappa shape index (κ1) is 61.0. The summed E-state index contributed by atoms with van der Waals surface area (Å²) in [6.45, 7) is 11.5. The molecule has 19 nitrogen and oxygen atoms in total. The van der Waals surface area contributed by atoms with Crippen LogP contribution >= 0.6 is 0 Å². The molecule has 4 saturated heterocycles. The third kappa shape index (κ3) is 14.8. The fraction of sp³-hybridized carbons (Fsp3) is 0.508. The molecule has 4 atom stereocenters. The van der Waals surface area contributed by atoms with Crippen LogP contribution in [0.3, 0.4) is 0 Å². The lowest BCUT2D eigenvalue weighted by molar-refractivity contribution is -0.0909. The van der Waals surface area contributed by atoms with Crippen molar-refractivity contribution in [2.24, 2.45) is 14.1 Å². The molecule has 1 amide bonds. The van der Waals surface area contributed by atoms with Gasteiger partial charge in [0.05, 0.1) is 75.7 Å². The maximum atomic E-state index is 14.3. The lowest BCUT2D eigenvalue weighted by Crippen LogP contribution is -2.50. The van der Waals surface area contributed by atoms with Gasteiger partial charge >= 0.3 is 6.09 Å². The van der Waals surface area contributed by atoms with Crippen molar-refractivity contribution in [1.29, 1.82) is 0 Å². The van der Waals surface area contributed by atoms with Gasteiger partial charge < -0.3 is 57.8 Å². The number of methoxy groups -OCH3 is 4. The lowest BCUT2D eigenvalue weighted by atomic mass is 9.98. The molecule has 0 bridgehead atoms. The van der Waals surface area contributed by atoms with E-state index >= 15 is 0 Å². The predicted octanol–water partition coefficient (Wildman–Crippen LogP) is 7.83. The van der Waals surface area contributed by atoms with Crippen LogP contribution in [0.5, 0.6) is 23.0 Å². The molecule has 4 aliphatic heterocycles. The molecule has 4 aliphatic rings. The van der Waals surface area contributed by atoms with Gasteiger partial charge in [0.1, 0.15) is 40.9 Å². The van der Waals surface area contributed by atoms with Crippen LogP contribution in [0, 0.1) is 0 Å². The van der Waals surface area contributed by atoms with Crippen molar-refractivity contribution >= 4 is 33.9 Å². The van der Waals surface area contributed by atoms with E-state index < -0.39 is 30.1 Å². The Balaban J connectivity index is 0.000000170. The molecule has 2 N–H and O–H groups in total. The summed E-state index contributed by atoms with van der Waals surface area (Å²) in [6.07, 6.45) is 12.7. The molecule has 21 heteroatoms. The number of amides is 1. The normalized spacial score (nSPS) is 20.0. The topological polar surface area (TPSA) is 199 Å². The first-order valence-corrected chi connectivity index (χ1v) is 28.0. The zero-order valence-electron chi connectivity index (χ0n) is 48.5. The highest BCUT2D eigenvalue weighted by Gasteiger charge is 2.36. The van der Waals surface area contributed by atoms with Gasteiger partial charge in [0.2, 0.25) is 0 Å². The summed E-state index contributed by atoms with van der Waals surface area (Å²) in [5.74, 6) is 2.44. The summed E-state index contributed by atoms with van der Waals surface area (Å²) in [5, 5.41) is 8.99. The van der Waals surface area contributed by atoms with Crippen LogP contribution in [0.1, 0.15) is 75.2 Å². The third-order valence-electron chi connectivity index (χ3n) is 15.3. The van der Waals surface area contributed by atoms with Gasteiger partial charge in [-0.3, -0.25) is 29.3 Å². The number of halogens is 2. The first-order chi connectivity index (χ1) is 39.4. The van der Waals surface area contributed by atoms with E-state index in [1.165, 1.54) is 23.7 Å². The number of aryl methyl sites for hydroxylation is 2. The Labute approximate surface area is 477 Å². The highest BCUT2D eigenvalue weighted by molar-refractivity contribution is 5.99. The van der Waals surface area contributed by atoms with E-state index in [2.05, 4.69) is 25.5 Å². The minimum absolute atomic E-state index is 0.0601. The monoisotopic (exact) mass is 1140 g/mol. The summed E-state index contributed by atoms with van der Waals surface area (Å²) in [6, 6.07) is 11.0. The van der Waals surface area contributed by atoms with Gasteiger partial charge in [-0.05, 0) is 126 Å². The van der Waals surface area contributed by atoms with Crippen molar-refractivity contribution in [3.63, 3.8) is 0 Å². The Morgan fingerprint density at radius 1 is 0.646 bits per heavy atom. The SMILES string of the molecule is CC(C)(C)OC(=O)N1CC[C@@H](OC2CCNCC2)[C@H](F)C1.COc1cc(-c2cn(C)c(=O)c3cnccc23)c(OC)cc1C=O.COc1cc(-c2cn(C)c(=O)c3cnccc23)c(OC)cc1CN1CCC(O[C@@H]2CCNC[C@H]2F)CC1. The molecule has 8 heterocycles. The number of aldehydes is 1. The number of nitrogens with one attached hydrogen (secondary N) is 2. The number of rotatable bonds is 13. The van der Waals surface area contributed by atoms with E-state index in [4.69, 9.17) is 33.2 Å². The van der Waals surface area contributed by atoms with Gasteiger partial charge in [0.15, 0.2) is 6.29 Å². The molecule has 10 rings (SSSR count). The van der Waals surface area contributed by atoms with Gasteiger partial charge in [-0.25, -0.2) is 13.6 Å². The molecule has 6 aromatic rings. The van der Waals surface area contributed by atoms with Crippen LogP contribution in [0.2, 0.25) is 0 Å². The zero-order valence-corrected chi connectivity index (χ0v) is 48.5. The number of likely N-dealkylation sites (tertiary alicyclic amines) is 2. The summed E-state index contributed by atoms with van der Waals surface area (Å²) >= 11 is 0. The van der Waals surface area contributed by atoms with Crippen LogP contribution in [-0.4, -0.2) is 164 Å². The molecular weight excluding hydrogens is 1060 g/mol. The van der Waals surface area contributed by atoms with Gasteiger partial charge in [-0.1, -0.05) is 0 Å². The first-order valence-electron chi connectivity index (χ1n) is 28.0. The smallest absolute Gasteiger partial charge is 0.410 e. The van der Waals surface area contributed by atoms with E-state index in [1.807, 2.05) is 45.2 Å². The molecular formula is C61H78F2N8O11. The van der Waals surface area contributed by atoms with Crippen molar-refractivity contribution < 1.29 is 51.5 Å². The van der Waals surface area contributed by atoms with Gasteiger partial charge in [0, 0.05) is 112 Å². The van der Waals surface area contributed by atoms with E-state index in [9.17, 15) is 28.0 Å². The predicted molar refractivity (Wildman–Crippen MR) is 310 cm³/mol. The second-order valence-corrected chi connectivity index (χ2v) is 22.1. The number of aromatic nitrogens is 4. The molecule has 0 aliphatic carbocycles. The van der Waals surface area contributed by atoms with Crippen LogP contribution in [-0.2, 0) is 34.9 Å². The number of pyridine rings is 4. The maximum absolute atomic E-state index is 14.3. The molecule has 0 radical (unpaired) electrons. The third-order valence-corrected chi connectivity index (χ3v) is 15.3. The minimum Gasteiger partial charge on any atom is -0.496 e. The Morgan fingerprint density at radius 3 is 1.70 bits per heavy atom. The summed E-state index contributed by atoms with van der Waals surface area (Å²) in [7, 11) is 9.78. The summed E-state index contributed by atoms with van der Waals surface area (Å²) < 4.78 is 71.1. The Morgan fingerprint density at radius 2 is 1.17 bits per heavy atom. The number of alkyl halides is 2. The van der Waals surface area contributed by atoms with Crippen molar-refractivity contribution in [2.75, 3.05) is 80.8 Å². The van der Waals surface area contributed by atoms with Gasteiger partial charge in [-0.15, -0.1) is 0 Å². The van der Waals surface area contributed by atoms with E-state index in [-0.39, 0.29) is 36.0 Å². The molecule has 4 aromatic heterocycles. The average molecular weight is 1140 g/mol. The van der Waals surface area contributed by atoms with E-state index in [0.29, 0.717) is 65.9 Å². The molecule has 4 fully saturated rings. The Bertz CT molecular complexity index is 3280. The molecule has 442 valence electrons. The second kappa shape index (κ2) is 27.8. The number of piperidine rings is 4. The minimum atomic E-state index is -1.14. The van der Waals surface area contributed by atoms with Crippen LogP contribution in [0.25, 0.3) is 43.8 Å². The quantitative estimate of drug-likeness (QED) is 0.106. The number of fused-ring (bicyclic) bond motifs is 2. The summed E-state index contributed by atoms with van der Waals surface area (Å²) in [5.41, 5.74) is 3.91. The maximum Gasteiger partial charge on any atom is 0.410 e. The molecule has 0 unspecified atom stereocenters. The van der Waals surface area contributed by atoms with Crippen LogP contribution < -0.4 is 40.7 Å². The number of hydrogen-bond acceptors (Lipinski definition) is 16. The molecule has 0 spiro atoms. The number of benzene rings is 2. The Hall–Kier alpha value is -7.04. The fourth-order valence-corrected chi connectivity index (χ4v) is 10.9. The highest BCUT2D eigenvalue weighted by Crippen LogP contribution is 2.41. The van der Waals surface area contributed by atoms with Crippen LogP contribution in [0.15, 0.2) is 83.2 Å². The standard InChI is InChI=1S/C28H35FN4O4.C18H16N2O4.C15H27FN2O3/c1-32-17-23(20-4-8-30-14-22(20)28(32)34)21-13-26(35-2)18(12-27(21)36-3)16-33-10-6-19(7-11-33)37-25-5-9-31-15-24(25)29;1-20-9-15(12-4-5-19-8-14(12)18(20)22)13-7-16(23-2)11(10-21)6-17(13)24-3;1-15(2,3)21-14(19)18-9-6-13(12(16)10-18)20-11-4-7-17-8-5-11/h4,8,12-14,17,19,24-25,31H,5-7,9-11,15-16H2,1-3H3;4-10H,1-3H3;11-13,17H,4-10H2,1-3H3/t24-,25-;;12-,13-/m1.1/s1. The number of ether oxygens (including phenoxy) is 7. The van der Waals surface area contributed by atoms with Crippen molar-refractivity contribution in [2.45, 2.75) is 108 Å². The molecule has 82 heavy (non-hydrogen) atoms. The lowest BCUT2D eigenvalue weighted by Gasteiger charge is -2.37. The largest absolute Gasteiger partial charge is 0.496 e. The van der Waals surface area contributed by atoms with Gasteiger partial charge in [-0.2, -0.15) is 0 Å². The van der Waals surface area contributed by atoms with Gasteiger partial charge in [0.25, 0.3) is 11.1 Å². The highest BCUT2D eigenvalue weighted by atomic mass is 19.1. The summed E-state index contributed by atoms with van der Waals surface area (Å²) in [4.78, 5) is 60.1. The van der Waals surface area contributed by atoms with E-state index in [1.54, 1.807) is 82.1 Å². The number of carbonyl (C=O) groups excluding carboxylic acids is 2. The number of hydrogen-bond donors (Lipinski definition) is 2. The zero-order chi connectivity index (χ0) is 58.7. The van der Waals surface area contributed by atoms with Crippen molar-refractivity contribution in [3.05, 3.63) is 105 Å². The van der Waals surface area contributed by atoms with Crippen molar-refractivity contribution in [1.82, 2.24) is 39.5 Å². The Kier molecular flexibility index (Phi) is 20.7. The van der Waals surface area contributed by atoms with Crippen LogP contribution in [0.4, 0.5) is 13.6 Å². The fourth-order valence-electron chi connectivity index (χ4n) is 10.9. The second-order valence-electron chi connectivity index (χ2n) is 22.1. The molecule has 2 aromatic carbocycles.